The Bertz CT molecular complexity index is 1520. The van der Waals surface area contributed by atoms with Crippen molar-refractivity contribution in [3.05, 3.63) is 71.0 Å². The maximum absolute atomic E-state index is 15.2. The highest BCUT2D eigenvalue weighted by atomic mass is 19.1. The van der Waals surface area contributed by atoms with Crippen LogP contribution in [-0.4, -0.2) is 70.9 Å². The van der Waals surface area contributed by atoms with Gasteiger partial charge < -0.3 is 25.6 Å². The zero-order chi connectivity index (χ0) is 24.9. The van der Waals surface area contributed by atoms with Gasteiger partial charge in [-0.1, -0.05) is 24.3 Å². The Labute approximate surface area is 199 Å². The molecule has 8 nitrogen and oxygen atoms in total. The quantitative estimate of drug-likeness (QED) is 0.419. The van der Waals surface area contributed by atoms with Crippen molar-refractivity contribution in [2.45, 2.75) is 0 Å². The molecule has 178 valence electrons. The highest BCUT2D eigenvalue weighted by molar-refractivity contribution is 6.20. The van der Waals surface area contributed by atoms with E-state index in [4.69, 9.17) is 5.73 Å². The van der Waals surface area contributed by atoms with Gasteiger partial charge in [0.2, 0.25) is 0 Å². The van der Waals surface area contributed by atoms with Gasteiger partial charge in [0.05, 0.1) is 16.6 Å². The number of amides is 2. The van der Waals surface area contributed by atoms with Crippen LogP contribution in [0.25, 0.3) is 32.9 Å². The molecule has 4 N–H and O–H groups in total. The summed E-state index contributed by atoms with van der Waals surface area (Å²) in [6.45, 7) is 2.86. The van der Waals surface area contributed by atoms with Crippen LogP contribution in [0.1, 0.15) is 31.1 Å². The van der Waals surface area contributed by atoms with Crippen molar-refractivity contribution in [1.82, 2.24) is 14.8 Å². The summed E-state index contributed by atoms with van der Waals surface area (Å²) in [5, 5.41) is 10.5. The molecule has 0 spiro atoms. The molecule has 0 saturated carbocycles. The molecule has 0 radical (unpaired) electrons. The van der Waals surface area contributed by atoms with Gasteiger partial charge >= 0.3 is 5.97 Å². The zero-order valence-electron chi connectivity index (χ0n) is 19.0. The number of aromatic carboxylic acids is 1. The number of hydrogen-bond donors (Lipinski definition) is 3. The Morgan fingerprint density at radius 1 is 0.971 bits per heavy atom. The fourth-order valence-electron chi connectivity index (χ4n) is 4.67. The number of fused-ring (bicyclic) bond motifs is 3. The van der Waals surface area contributed by atoms with Crippen molar-refractivity contribution >= 4 is 39.6 Å². The molecule has 9 heteroatoms. The maximum Gasteiger partial charge on any atom is 0.338 e. The fraction of sp³-hybridized carbons (Fsp3) is 0.192. The minimum atomic E-state index is -1.37. The number of carbonyl (C=O) groups is 3. The van der Waals surface area contributed by atoms with Crippen LogP contribution < -0.4 is 5.73 Å². The number of carboxylic acids is 1. The van der Waals surface area contributed by atoms with Crippen LogP contribution in [0.2, 0.25) is 0 Å². The van der Waals surface area contributed by atoms with Crippen molar-refractivity contribution in [2.75, 3.05) is 33.2 Å². The van der Waals surface area contributed by atoms with Gasteiger partial charge in [0, 0.05) is 53.6 Å². The summed E-state index contributed by atoms with van der Waals surface area (Å²) >= 11 is 0. The van der Waals surface area contributed by atoms with E-state index in [0.29, 0.717) is 46.0 Å². The minimum absolute atomic E-state index is 0.0874. The third kappa shape index (κ3) is 3.79. The summed E-state index contributed by atoms with van der Waals surface area (Å²) in [6, 6.07) is 12.4. The van der Waals surface area contributed by atoms with Crippen molar-refractivity contribution in [2.24, 2.45) is 5.73 Å². The Morgan fingerprint density at radius 2 is 1.71 bits per heavy atom. The number of nitrogens with one attached hydrogen (secondary N) is 1. The highest BCUT2D eigenvalue weighted by Crippen LogP contribution is 2.38. The molecule has 0 aliphatic carbocycles. The normalized spacial score (nSPS) is 14.5. The molecule has 5 rings (SSSR count). The van der Waals surface area contributed by atoms with Gasteiger partial charge in [-0.15, -0.1) is 0 Å². The molecule has 0 bridgehead atoms. The average molecular weight is 474 g/mol. The van der Waals surface area contributed by atoms with Gasteiger partial charge in [-0.3, -0.25) is 9.59 Å². The molecule has 1 fully saturated rings. The highest BCUT2D eigenvalue weighted by Gasteiger charge is 2.23. The number of nitrogens with two attached hydrogens (primary N) is 1. The summed E-state index contributed by atoms with van der Waals surface area (Å²) in [5.41, 5.74) is 7.34. The molecule has 2 amide bonds. The van der Waals surface area contributed by atoms with E-state index in [1.807, 2.05) is 7.05 Å². The summed E-state index contributed by atoms with van der Waals surface area (Å²) in [7, 11) is 2.02. The molecule has 35 heavy (non-hydrogen) atoms. The first-order valence-electron chi connectivity index (χ1n) is 11.1. The molecule has 1 aliphatic heterocycles. The van der Waals surface area contributed by atoms with Gasteiger partial charge in [0.25, 0.3) is 11.8 Å². The fourth-order valence-corrected chi connectivity index (χ4v) is 4.67. The SMILES string of the molecule is CN1CCN(C(=O)c2ccc3c(c2)[nH]c2c(C(N)=O)ccc(-c4cccc(C(=O)O)c4F)c23)CC1. The first kappa shape index (κ1) is 22.5. The summed E-state index contributed by atoms with van der Waals surface area (Å²) in [5.74, 6) is -3.00. The number of H-pyrrole nitrogens is 1. The van der Waals surface area contributed by atoms with Crippen molar-refractivity contribution in [3.63, 3.8) is 0 Å². The van der Waals surface area contributed by atoms with E-state index in [9.17, 15) is 19.5 Å². The lowest BCUT2D eigenvalue weighted by Crippen LogP contribution is -2.47. The smallest absolute Gasteiger partial charge is 0.338 e. The Morgan fingerprint density at radius 3 is 2.40 bits per heavy atom. The third-order valence-electron chi connectivity index (χ3n) is 6.58. The summed E-state index contributed by atoms with van der Waals surface area (Å²) in [4.78, 5) is 43.9. The van der Waals surface area contributed by atoms with E-state index >= 15 is 4.39 Å². The number of carboxylic acid groups (broad SMARTS) is 1. The second kappa shape index (κ2) is 8.52. The van der Waals surface area contributed by atoms with Crippen LogP contribution in [0.5, 0.6) is 0 Å². The first-order chi connectivity index (χ1) is 16.8. The maximum atomic E-state index is 15.2. The van der Waals surface area contributed by atoms with Crippen LogP contribution in [0.4, 0.5) is 4.39 Å². The van der Waals surface area contributed by atoms with E-state index in [2.05, 4.69) is 9.88 Å². The standard InChI is InChI=1S/C26H23FN4O4/c1-30-9-11-31(12-10-30)25(33)14-5-6-17-20(13-14)29-23-19(24(28)32)8-7-15(21(17)23)16-3-2-4-18(22(16)27)26(34)35/h2-8,13,29H,9-12H2,1H3,(H2,28,32)(H,34,35). The molecule has 3 aromatic carbocycles. The van der Waals surface area contributed by atoms with Crippen molar-refractivity contribution in [3.8, 4) is 11.1 Å². The number of rotatable bonds is 4. The zero-order valence-corrected chi connectivity index (χ0v) is 19.0. The van der Waals surface area contributed by atoms with E-state index in [1.54, 1.807) is 29.2 Å². The van der Waals surface area contributed by atoms with Crippen molar-refractivity contribution < 1.29 is 23.9 Å². The topological polar surface area (TPSA) is 120 Å². The predicted octanol–water partition coefficient (Wildman–Crippen LogP) is 3.31. The van der Waals surface area contributed by atoms with Crippen LogP contribution in [0.3, 0.4) is 0 Å². The molecule has 0 atom stereocenters. The van der Waals surface area contributed by atoms with Crippen LogP contribution >= 0.6 is 0 Å². The number of hydrogen-bond acceptors (Lipinski definition) is 4. The molecular formula is C26H23FN4O4. The number of nitrogens with zero attached hydrogens (tertiary/aromatic N) is 2. The first-order valence-corrected chi connectivity index (χ1v) is 11.1. The number of piperazine rings is 1. The lowest BCUT2D eigenvalue weighted by Gasteiger charge is -2.32. The number of likely N-dealkylation sites (N-methyl/N-ethyl adjacent to an activating group) is 1. The minimum Gasteiger partial charge on any atom is -0.478 e. The molecule has 2 heterocycles. The Hall–Kier alpha value is -4.24. The summed E-state index contributed by atoms with van der Waals surface area (Å²) in [6.07, 6.45) is 0. The Balaban J connectivity index is 1.70. The van der Waals surface area contributed by atoms with Gasteiger partial charge in [-0.2, -0.15) is 0 Å². The van der Waals surface area contributed by atoms with E-state index in [0.717, 1.165) is 13.1 Å². The van der Waals surface area contributed by atoms with E-state index < -0.39 is 23.3 Å². The Kier molecular flexibility index (Phi) is 5.49. The average Bonchev–Trinajstić information content (AvgIpc) is 3.22. The monoisotopic (exact) mass is 474 g/mol. The van der Waals surface area contributed by atoms with Crippen molar-refractivity contribution in [1.29, 1.82) is 0 Å². The second-order valence-corrected chi connectivity index (χ2v) is 8.73. The predicted molar refractivity (Wildman–Crippen MR) is 130 cm³/mol. The number of benzene rings is 3. The molecule has 1 saturated heterocycles. The molecular weight excluding hydrogens is 451 g/mol. The number of aromatic amines is 1. The van der Waals surface area contributed by atoms with Gasteiger partial charge in [0.15, 0.2) is 0 Å². The number of carbonyl (C=O) groups excluding carboxylic acids is 2. The second-order valence-electron chi connectivity index (χ2n) is 8.73. The van der Waals surface area contributed by atoms with Gasteiger partial charge in [0.1, 0.15) is 5.82 Å². The number of halogens is 1. The molecule has 1 aromatic heterocycles. The van der Waals surface area contributed by atoms with E-state index in [-0.39, 0.29) is 17.0 Å². The lowest BCUT2D eigenvalue weighted by molar-refractivity contribution is 0.0661. The number of primary amides is 1. The molecule has 1 aliphatic rings. The van der Waals surface area contributed by atoms with E-state index in [1.165, 1.54) is 24.3 Å². The van der Waals surface area contributed by atoms with Gasteiger partial charge in [-0.05, 0) is 36.9 Å². The van der Waals surface area contributed by atoms with Gasteiger partial charge in [-0.25, -0.2) is 9.18 Å². The third-order valence-corrected chi connectivity index (χ3v) is 6.58. The largest absolute Gasteiger partial charge is 0.478 e. The van der Waals surface area contributed by atoms with Crippen LogP contribution in [0, 0.1) is 5.82 Å². The number of aromatic nitrogens is 1. The molecule has 4 aromatic rings. The van der Waals surface area contributed by atoms with Crippen LogP contribution in [-0.2, 0) is 0 Å². The molecule has 0 unspecified atom stereocenters. The lowest BCUT2D eigenvalue weighted by atomic mass is 9.95. The van der Waals surface area contributed by atoms with Crippen LogP contribution in [0.15, 0.2) is 48.5 Å². The summed E-state index contributed by atoms with van der Waals surface area (Å²) < 4.78 is 15.2.